The Bertz CT molecular complexity index is 982. The highest BCUT2D eigenvalue weighted by atomic mass is 19.3. The van der Waals surface area contributed by atoms with Crippen molar-refractivity contribution in [2.75, 3.05) is 18.0 Å². The number of hydrogen-bond donors (Lipinski definition) is 2. The van der Waals surface area contributed by atoms with Crippen LogP contribution in [0.25, 0.3) is 21.8 Å². The maximum absolute atomic E-state index is 13.7. The van der Waals surface area contributed by atoms with Crippen LogP contribution in [0.2, 0.25) is 0 Å². The maximum Gasteiger partial charge on any atom is 0.266 e. The fourth-order valence-corrected chi connectivity index (χ4v) is 3.20. The molecule has 1 aromatic carbocycles. The third-order valence-electron chi connectivity index (χ3n) is 4.30. The van der Waals surface area contributed by atoms with Gasteiger partial charge in [-0.25, -0.2) is 18.2 Å². The Labute approximate surface area is 134 Å². The van der Waals surface area contributed by atoms with E-state index in [0.29, 0.717) is 27.6 Å². The van der Waals surface area contributed by atoms with E-state index >= 15 is 0 Å². The lowest BCUT2D eigenvalue weighted by Crippen LogP contribution is -2.26. The van der Waals surface area contributed by atoms with E-state index in [4.69, 9.17) is 5.73 Å². The van der Waals surface area contributed by atoms with E-state index in [1.165, 1.54) is 29.3 Å². The molecule has 0 bridgehead atoms. The van der Waals surface area contributed by atoms with Gasteiger partial charge in [-0.3, -0.25) is 4.79 Å². The minimum atomic E-state index is -2.80. The number of nitrogens with two attached hydrogens (primary N) is 1. The SMILES string of the molecule is NC(=O)c1cnc(N2CCC(F)(F)C2)c2c1[nH]c1ccc(F)cc12. The first kappa shape index (κ1) is 14.8. The molecule has 0 spiro atoms. The van der Waals surface area contributed by atoms with Gasteiger partial charge in [0.05, 0.1) is 23.0 Å². The summed E-state index contributed by atoms with van der Waals surface area (Å²) in [5.74, 6) is -3.67. The Morgan fingerprint density at radius 1 is 1.38 bits per heavy atom. The molecule has 4 rings (SSSR count). The highest BCUT2D eigenvalue weighted by molar-refractivity contribution is 6.18. The molecule has 0 radical (unpaired) electrons. The number of rotatable bonds is 2. The normalized spacial score (nSPS) is 17.0. The van der Waals surface area contributed by atoms with E-state index < -0.39 is 24.2 Å². The zero-order valence-electron chi connectivity index (χ0n) is 12.4. The summed E-state index contributed by atoms with van der Waals surface area (Å²) in [6.45, 7) is -0.333. The molecule has 24 heavy (non-hydrogen) atoms. The summed E-state index contributed by atoms with van der Waals surface area (Å²) < 4.78 is 40.8. The summed E-state index contributed by atoms with van der Waals surface area (Å²) in [5.41, 5.74) is 6.46. The first-order valence-corrected chi connectivity index (χ1v) is 7.38. The zero-order valence-corrected chi connectivity index (χ0v) is 12.4. The second kappa shape index (κ2) is 4.86. The number of carbonyl (C=O) groups is 1. The molecule has 124 valence electrons. The van der Waals surface area contributed by atoms with Gasteiger partial charge in [0.15, 0.2) is 0 Å². The van der Waals surface area contributed by atoms with Crippen molar-refractivity contribution in [1.29, 1.82) is 0 Å². The smallest absolute Gasteiger partial charge is 0.266 e. The van der Waals surface area contributed by atoms with Gasteiger partial charge in [-0.1, -0.05) is 0 Å². The van der Waals surface area contributed by atoms with Crippen LogP contribution in [0, 0.1) is 5.82 Å². The number of aromatic nitrogens is 2. The van der Waals surface area contributed by atoms with E-state index in [1.807, 2.05) is 0 Å². The number of amides is 1. The largest absolute Gasteiger partial charge is 0.365 e. The lowest BCUT2D eigenvalue weighted by molar-refractivity contribution is 0.0257. The number of alkyl halides is 2. The summed E-state index contributed by atoms with van der Waals surface area (Å²) >= 11 is 0. The van der Waals surface area contributed by atoms with Crippen LogP contribution in [0.15, 0.2) is 24.4 Å². The van der Waals surface area contributed by atoms with Crippen molar-refractivity contribution in [3.8, 4) is 0 Å². The van der Waals surface area contributed by atoms with Crippen LogP contribution in [0.4, 0.5) is 19.0 Å². The number of nitrogens with one attached hydrogen (secondary N) is 1. The molecule has 3 heterocycles. The van der Waals surface area contributed by atoms with Gasteiger partial charge in [0.1, 0.15) is 11.6 Å². The van der Waals surface area contributed by atoms with Gasteiger partial charge in [-0.15, -0.1) is 0 Å². The average Bonchev–Trinajstić information content (AvgIpc) is 3.06. The van der Waals surface area contributed by atoms with Crippen molar-refractivity contribution >= 4 is 33.5 Å². The van der Waals surface area contributed by atoms with E-state index in [9.17, 15) is 18.0 Å². The number of aromatic amines is 1. The standard InChI is InChI=1S/C16H13F3N4O/c17-8-1-2-11-9(5-8)12-13(22-11)10(14(20)24)6-21-15(12)23-4-3-16(18,19)7-23/h1-2,5-6,22H,3-4,7H2,(H2,20,24). The Morgan fingerprint density at radius 3 is 2.83 bits per heavy atom. The molecule has 1 saturated heterocycles. The van der Waals surface area contributed by atoms with Crippen LogP contribution in [-0.4, -0.2) is 34.9 Å². The molecule has 0 saturated carbocycles. The van der Waals surface area contributed by atoms with Crippen LogP contribution < -0.4 is 10.6 Å². The van der Waals surface area contributed by atoms with Crippen LogP contribution in [-0.2, 0) is 0 Å². The lowest BCUT2D eigenvalue weighted by Gasteiger charge is -2.18. The number of carbonyl (C=O) groups excluding carboxylic acids is 1. The van der Waals surface area contributed by atoms with Crippen LogP contribution in [0.1, 0.15) is 16.8 Å². The van der Waals surface area contributed by atoms with Gasteiger partial charge < -0.3 is 15.6 Å². The summed E-state index contributed by atoms with van der Waals surface area (Å²) in [6.07, 6.45) is 0.993. The fourth-order valence-electron chi connectivity index (χ4n) is 3.20. The van der Waals surface area contributed by atoms with Gasteiger partial charge >= 0.3 is 0 Å². The molecule has 5 nitrogen and oxygen atoms in total. The minimum absolute atomic E-state index is 0.132. The summed E-state index contributed by atoms with van der Waals surface area (Å²) in [5, 5.41) is 0.907. The van der Waals surface area contributed by atoms with Gasteiger partial charge in [0, 0.05) is 30.1 Å². The Kier molecular flexibility index (Phi) is 3.00. The first-order valence-electron chi connectivity index (χ1n) is 7.38. The van der Waals surface area contributed by atoms with Gasteiger partial charge in [-0.05, 0) is 18.2 Å². The quantitative estimate of drug-likeness (QED) is 0.757. The molecule has 1 aliphatic rings. The molecular weight excluding hydrogens is 321 g/mol. The highest BCUT2D eigenvalue weighted by Crippen LogP contribution is 2.38. The number of primary amides is 1. The molecule has 0 aliphatic carbocycles. The lowest BCUT2D eigenvalue weighted by atomic mass is 10.1. The third-order valence-corrected chi connectivity index (χ3v) is 4.30. The monoisotopic (exact) mass is 334 g/mol. The molecule has 3 aromatic rings. The zero-order chi connectivity index (χ0) is 17.1. The first-order chi connectivity index (χ1) is 11.4. The van der Waals surface area contributed by atoms with Crippen LogP contribution >= 0.6 is 0 Å². The predicted octanol–water partition coefficient (Wildman–Crippen LogP) is 2.80. The number of H-pyrrole nitrogens is 1. The number of nitrogens with zero attached hydrogens (tertiary/aromatic N) is 2. The van der Waals surface area contributed by atoms with Crippen molar-refractivity contribution in [2.45, 2.75) is 12.3 Å². The van der Waals surface area contributed by atoms with Crippen molar-refractivity contribution < 1.29 is 18.0 Å². The molecule has 8 heteroatoms. The third kappa shape index (κ3) is 2.17. The van der Waals surface area contributed by atoms with Gasteiger partial charge in [0.2, 0.25) is 0 Å². The average molecular weight is 334 g/mol. The number of fused-ring (bicyclic) bond motifs is 3. The molecule has 1 fully saturated rings. The van der Waals surface area contributed by atoms with Crippen molar-refractivity contribution in [3.05, 3.63) is 35.8 Å². The second-order valence-corrected chi connectivity index (χ2v) is 5.95. The highest BCUT2D eigenvalue weighted by Gasteiger charge is 2.39. The number of hydrogen-bond acceptors (Lipinski definition) is 3. The molecule has 2 aromatic heterocycles. The number of pyridine rings is 1. The summed E-state index contributed by atoms with van der Waals surface area (Å²) in [4.78, 5) is 20.3. The van der Waals surface area contributed by atoms with Gasteiger partial charge in [0.25, 0.3) is 11.8 Å². The topological polar surface area (TPSA) is 75.0 Å². The molecular formula is C16H13F3N4O. The van der Waals surface area contributed by atoms with E-state index in [2.05, 4.69) is 9.97 Å². The van der Waals surface area contributed by atoms with Gasteiger partial charge in [-0.2, -0.15) is 0 Å². The van der Waals surface area contributed by atoms with Crippen molar-refractivity contribution in [1.82, 2.24) is 9.97 Å². The van der Waals surface area contributed by atoms with E-state index in [0.717, 1.165) is 0 Å². The van der Waals surface area contributed by atoms with Crippen LogP contribution in [0.5, 0.6) is 0 Å². The number of halogens is 3. The molecule has 1 amide bonds. The van der Waals surface area contributed by atoms with Crippen molar-refractivity contribution in [3.63, 3.8) is 0 Å². The van der Waals surface area contributed by atoms with E-state index in [1.54, 1.807) is 0 Å². The maximum atomic E-state index is 13.7. The Morgan fingerprint density at radius 2 is 2.17 bits per heavy atom. The number of benzene rings is 1. The summed E-state index contributed by atoms with van der Waals surface area (Å²) in [6, 6.07) is 4.09. The molecule has 3 N–H and O–H groups in total. The summed E-state index contributed by atoms with van der Waals surface area (Å²) in [7, 11) is 0. The van der Waals surface area contributed by atoms with E-state index in [-0.39, 0.29) is 18.5 Å². The Hall–Kier alpha value is -2.77. The number of anilines is 1. The Balaban J connectivity index is 2.04. The van der Waals surface area contributed by atoms with Crippen LogP contribution in [0.3, 0.4) is 0 Å². The predicted molar refractivity (Wildman–Crippen MR) is 83.9 cm³/mol. The molecule has 0 unspecified atom stereocenters. The van der Waals surface area contributed by atoms with Crippen molar-refractivity contribution in [2.24, 2.45) is 5.73 Å². The second-order valence-electron chi connectivity index (χ2n) is 5.95. The molecule has 1 aliphatic heterocycles. The fraction of sp³-hybridized carbons (Fsp3) is 0.250. The minimum Gasteiger partial charge on any atom is -0.365 e. The molecule has 0 atom stereocenters.